The molecule has 0 heterocycles. The Kier molecular flexibility index (Phi) is 5.34. The third-order valence-electron chi connectivity index (χ3n) is 3.58. The number of Topliss-reactive ketones (excluding diaryl/α,β-unsaturated/α-hetero) is 2. The number of hydrogen-bond donors (Lipinski definition) is 0. The number of carbonyl (C=O) groups is 2. The van der Waals surface area contributed by atoms with Crippen LogP contribution in [0.5, 0.6) is 0 Å². The van der Waals surface area contributed by atoms with Crippen LogP contribution in [0.4, 0.5) is 5.69 Å². The Morgan fingerprint density at radius 3 is 2.05 bits per heavy atom. The first kappa shape index (κ1) is 16.2. The molecule has 0 aliphatic rings. The highest BCUT2D eigenvalue weighted by Gasteiger charge is 2.20. The molecule has 0 spiro atoms. The summed E-state index contributed by atoms with van der Waals surface area (Å²) in [6.07, 6.45) is 0. The van der Waals surface area contributed by atoms with Crippen molar-refractivity contribution in [3.05, 3.63) is 64.7 Å². The fourth-order valence-electron chi connectivity index (χ4n) is 2.31. The first-order valence-electron chi connectivity index (χ1n) is 7.27. The number of ketones is 2. The van der Waals surface area contributed by atoms with E-state index in [9.17, 15) is 9.59 Å². The van der Waals surface area contributed by atoms with Gasteiger partial charge in [-0.2, -0.15) is 0 Å². The van der Waals surface area contributed by atoms with Crippen molar-refractivity contribution in [1.82, 2.24) is 0 Å². The first-order valence-corrected chi connectivity index (χ1v) is 7.64. The monoisotopic (exact) mass is 315 g/mol. The molecule has 4 heteroatoms. The van der Waals surface area contributed by atoms with Gasteiger partial charge < -0.3 is 4.90 Å². The number of nitrogens with zero attached hydrogens (tertiary/aromatic N) is 1. The molecular weight excluding hydrogens is 298 g/mol. The molecule has 0 saturated heterocycles. The molecule has 0 aliphatic carbocycles. The lowest BCUT2D eigenvalue weighted by atomic mass is 10.0. The lowest BCUT2D eigenvalue weighted by Gasteiger charge is -2.20. The SMILES string of the molecule is CCN(CC)c1ccc(C(=O)C(=O)c2ccccc2Cl)cc1. The van der Waals surface area contributed by atoms with Gasteiger partial charge in [0, 0.05) is 29.9 Å². The summed E-state index contributed by atoms with van der Waals surface area (Å²) < 4.78 is 0. The first-order chi connectivity index (χ1) is 10.6. The highest BCUT2D eigenvalue weighted by atomic mass is 35.5. The molecule has 0 aliphatic heterocycles. The van der Waals surface area contributed by atoms with E-state index in [4.69, 9.17) is 11.6 Å². The van der Waals surface area contributed by atoms with Crippen LogP contribution in [0.1, 0.15) is 34.6 Å². The lowest BCUT2D eigenvalue weighted by molar-refractivity contribution is 0.0817. The standard InChI is InChI=1S/C18H18ClNO2/c1-3-20(4-2)14-11-9-13(10-12-14)17(21)18(22)15-7-5-6-8-16(15)19/h5-12H,3-4H2,1-2H3. The van der Waals surface area contributed by atoms with Crippen molar-refractivity contribution < 1.29 is 9.59 Å². The zero-order chi connectivity index (χ0) is 16.1. The van der Waals surface area contributed by atoms with Crippen molar-refractivity contribution in [3.63, 3.8) is 0 Å². The fourth-order valence-corrected chi connectivity index (χ4v) is 2.53. The van der Waals surface area contributed by atoms with Crippen LogP contribution >= 0.6 is 11.6 Å². The van der Waals surface area contributed by atoms with E-state index in [2.05, 4.69) is 18.7 Å². The second-order valence-electron chi connectivity index (χ2n) is 4.86. The van der Waals surface area contributed by atoms with E-state index in [1.807, 2.05) is 12.1 Å². The molecule has 2 aromatic rings. The summed E-state index contributed by atoms with van der Waals surface area (Å²) in [6, 6.07) is 13.7. The maximum absolute atomic E-state index is 12.3. The molecular formula is C18H18ClNO2. The van der Waals surface area contributed by atoms with E-state index in [1.165, 1.54) is 0 Å². The Labute approximate surface area is 135 Å². The van der Waals surface area contributed by atoms with Gasteiger partial charge in [-0.3, -0.25) is 9.59 Å². The van der Waals surface area contributed by atoms with Crippen LogP contribution < -0.4 is 4.90 Å². The second kappa shape index (κ2) is 7.23. The van der Waals surface area contributed by atoms with Crippen LogP contribution in [-0.2, 0) is 0 Å². The smallest absolute Gasteiger partial charge is 0.235 e. The maximum Gasteiger partial charge on any atom is 0.235 e. The van der Waals surface area contributed by atoms with E-state index in [-0.39, 0.29) is 5.56 Å². The van der Waals surface area contributed by atoms with Crippen LogP contribution in [0.3, 0.4) is 0 Å². The van der Waals surface area contributed by atoms with Gasteiger partial charge in [0.25, 0.3) is 0 Å². The van der Waals surface area contributed by atoms with Crippen molar-refractivity contribution in [3.8, 4) is 0 Å². The normalized spacial score (nSPS) is 10.3. The number of anilines is 1. The Bertz CT molecular complexity index is 676. The van der Waals surface area contributed by atoms with Gasteiger partial charge >= 0.3 is 0 Å². The summed E-state index contributed by atoms with van der Waals surface area (Å²) >= 11 is 5.98. The summed E-state index contributed by atoms with van der Waals surface area (Å²) in [7, 11) is 0. The molecule has 3 nitrogen and oxygen atoms in total. The van der Waals surface area contributed by atoms with Gasteiger partial charge in [0.15, 0.2) is 0 Å². The zero-order valence-electron chi connectivity index (χ0n) is 12.7. The molecule has 0 amide bonds. The molecule has 0 unspecified atom stereocenters. The number of rotatable bonds is 6. The van der Waals surface area contributed by atoms with Crippen molar-refractivity contribution in [2.24, 2.45) is 0 Å². The van der Waals surface area contributed by atoms with Crippen molar-refractivity contribution in [2.45, 2.75) is 13.8 Å². The number of halogens is 1. The van der Waals surface area contributed by atoms with Gasteiger partial charge in [-0.25, -0.2) is 0 Å². The molecule has 2 rings (SSSR count). The van der Waals surface area contributed by atoms with Gasteiger partial charge in [-0.15, -0.1) is 0 Å². The van der Waals surface area contributed by atoms with Crippen LogP contribution in [0.15, 0.2) is 48.5 Å². The molecule has 2 aromatic carbocycles. The Morgan fingerprint density at radius 1 is 0.909 bits per heavy atom. The Balaban J connectivity index is 2.23. The van der Waals surface area contributed by atoms with Crippen LogP contribution in [0.2, 0.25) is 5.02 Å². The van der Waals surface area contributed by atoms with Crippen LogP contribution in [-0.4, -0.2) is 24.7 Å². The molecule has 0 saturated carbocycles. The minimum atomic E-state index is -0.582. The highest BCUT2D eigenvalue weighted by molar-refractivity contribution is 6.51. The van der Waals surface area contributed by atoms with Gasteiger partial charge in [0.2, 0.25) is 11.6 Å². The van der Waals surface area contributed by atoms with E-state index in [1.54, 1.807) is 36.4 Å². The van der Waals surface area contributed by atoms with Gasteiger partial charge in [0.1, 0.15) is 0 Å². The largest absolute Gasteiger partial charge is 0.372 e. The van der Waals surface area contributed by atoms with Gasteiger partial charge in [-0.05, 0) is 50.2 Å². The number of benzene rings is 2. The molecule has 114 valence electrons. The summed E-state index contributed by atoms with van der Waals surface area (Å²) in [6.45, 7) is 5.93. The summed E-state index contributed by atoms with van der Waals surface area (Å²) in [5, 5.41) is 0.292. The van der Waals surface area contributed by atoms with E-state index in [0.29, 0.717) is 10.6 Å². The zero-order valence-corrected chi connectivity index (χ0v) is 13.4. The molecule has 0 aromatic heterocycles. The molecule has 0 N–H and O–H groups in total. The predicted octanol–water partition coefficient (Wildman–Crippen LogP) is 4.25. The maximum atomic E-state index is 12.3. The van der Waals surface area contributed by atoms with Gasteiger partial charge in [0.05, 0.1) is 5.02 Å². The summed E-state index contributed by atoms with van der Waals surface area (Å²) in [5.74, 6) is -1.12. The lowest BCUT2D eigenvalue weighted by Crippen LogP contribution is -2.22. The van der Waals surface area contributed by atoms with E-state index >= 15 is 0 Å². The molecule has 0 bridgehead atoms. The van der Waals surface area contributed by atoms with Crippen LogP contribution in [0.25, 0.3) is 0 Å². The number of carbonyl (C=O) groups excluding carboxylic acids is 2. The average molecular weight is 316 g/mol. The third kappa shape index (κ3) is 3.37. The molecule has 0 radical (unpaired) electrons. The van der Waals surface area contributed by atoms with Crippen molar-refractivity contribution in [2.75, 3.05) is 18.0 Å². The molecule has 0 atom stereocenters. The number of hydrogen-bond acceptors (Lipinski definition) is 3. The highest BCUT2D eigenvalue weighted by Crippen LogP contribution is 2.19. The quantitative estimate of drug-likeness (QED) is 0.590. The van der Waals surface area contributed by atoms with E-state index < -0.39 is 11.6 Å². The second-order valence-corrected chi connectivity index (χ2v) is 5.26. The predicted molar refractivity (Wildman–Crippen MR) is 90.1 cm³/mol. The minimum absolute atomic E-state index is 0.238. The Morgan fingerprint density at radius 2 is 1.50 bits per heavy atom. The van der Waals surface area contributed by atoms with E-state index in [0.717, 1.165) is 18.8 Å². The molecule has 0 fully saturated rings. The minimum Gasteiger partial charge on any atom is -0.372 e. The Hall–Kier alpha value is -2.13. The third-order valence-corrected chi connectivity index (χ3v) is 3.91. The van der Waals surface area contributed by atoms with Crippen molar-refractivity contribution >= 4 is 28.9 Å². The summed E-state index contributed by atoms with van der Waals surface area (Å²) in [5.41, 5.74) is 1.65. The molecule has 22 heavy (non-hydrogen) atoms. The summed E-state index contributed by atoms with van der Waals surface area (Å²) in [4.78, 5) is 26.7. The van der Waals surface area contributed by atoms with Crippen molar-refractivity contribution in [1.29, 1.82) is 0 Å². The van der Waals surface area contributed by atoms with Crippen LogP contribution in [0, 0.1) is 0 Å². The van der Waals surface area contributed by atoms with Gasteiger partial charge in [-0.1, -0.05) is 23.7 Å². The topological polar surface area (TPSA) is 37.4 Å². The average Bonchev–Trinajstić information content (AvgIpc) is 2.56. The fraction of sp³-hybridized carbons (Fsp3) is 0.222.